The molecule has 0 heterocycles. The van der Waals surface area contributed by atoms with Gasteiger partial charge >= 0.3 is 0 Å². The van der Waals surface area contributed by atoms with Gasteiger partial charge in [0.2, 0.25) is 0 Å². The maximum absolute atomic E-state index is 11.0. The molecule has 0 atom stereocenters. The Bertz CT molecular complexity index is 451. The van der Waals surface area contributed by atoms with Crippen molar-refractivity contribution >= 4 is 45.7 Å². The fraction of sp³-hybridized carbons (Fsp3) is 0. The van der Waals surface area contributed by atoms with Crippen LogP contribution in [0.25, 0.3) is 0 Å². The molecule has 0 N–H and O–H groups in total. The molecular formula is C9H3ClINO2. The summed E-state index contributed by atoms with van der Waals surface area (Å²) in [6.07, 6.45) is 0.541. The molecule has 0 aliphatic carbocycles. The lowest BCUT2D eigenvalue weighted by atomic mass is 10.1. The quantitative estimate of drug-likeness (QED) is 0.478. The zero-order valence-corrected chi connectivity index (χ0v) is 9.67. The maximum atomic E-state index is 11.0. The van der Waals surface area contributed by atoms with Gasteiger partial charge in [0, 0.05) is 9.13 Å². The van der Waals surface area contributed by atoms with E-state index in [1.165, 1.54) is 12.1 Å². The maximum Gasteiger partial charge on any atom is 0.254 e. The van der Waals surface area contributed by atoms with Crippen molar-refractivity contribution in [2.45, 2.75) is 0 Å². The van der Waals surface area contributed by atoms with Gasteiger partial charge in [-0.25, -0.2) is 0 Å². The minimum Gasteiger partial charge on any atom is -0.298 e. The van der Waals surface area contributed by atoms with E-state index in [0.29, 0.717) is 15.4 Å². The normalized spacial score (nSPS) is 9.21. The van der Waals surface area contributed by atoms with Crippen LogP contribution in [0, 0.1) is 14.9 Å². The van der Waals surface area contributed by atoms with Crippen molar-refractivity contribution in [3.05, 3.63) is 32.4 Å². The summed E-state index contributed by atoms with van der Waals surface area (Å²) in [5.41, 5.74) is 0.634. The van der Waals surface area contributed by atoms with Crippen LogP contribution in [0.5, 0.6) is 0 Å². The number of carbonyl (C=O) groups excluding carboxylic acids is 2. The molecule has 0 aliphatic rings. The van der Waals surface area contributed by atoms with Gasteiger partial charge < -0.3 is 0 Å². The van der Waals surface area contributed by atoms with Crippen LogP contribution in [0.1, 0.15) is 26.3 Å². The van der Waals surface area contributed by atoms with E-state index in [9.17, 15) is 9.59 Å². The molecule has 0 aromatic heterocycles. The first-order valence-corrected chi connectivity index (χ1v) is 4.95. The molecule has 70 valence electrons. The molecular weight excluding hydrogens is 316 g/mol. The van der Waals surface area contributed by atoms with E-state index in [4.69, 9.17) is 16.9 Å². The molecule has 0 spiro atoms. The van der Waals surface area contributed by atoms with E-state index in [2.05, 4.69) is 0 Å². The van der Waals surface area contributed by atoms with Gasteiger partial charge in [0.05, 0.1) is 11.1 Å². The van der Waals surface area contributed by atoms with Crippen LogP contribution in [0.15, 0.2) is 12.1 Å². The molecule has 14 heavy (non-hydrogen) atoms. The van der Waals surface area contributed by atoms with Crippen LogP contribution < -0.4 is 0 Å². The first kappa shape index (κ1) is 11.1. The Balaban J connectivity index is 3.56. The van der Waals surface area contributed by atoms with Crippen molar-refractivity contribution in [1.82, 2.24) is 0 Å². The number of aldehydes is 1. The van der Waals surface area contributed by atoms with Crippen molar-refractivity contribution in [1.29, 1.82) is 5.26 Å². The SMILES string of the molecule is N#Cc1ccc(C=O)c(C(=O)Cl)c1I. The van der Waals surface area contributed by atoms with Gasteiger partial charge in [-0.15, -0.1) is 0 Å². The van der Waals surface area contributed by atoms with E-state index in [0.717, 1.165) is 0 Å². The molecule has 1 aromatic carbocycles. The van der Waals surface area contributed by atoms with Gasteiger partial charge in [-0.1, -0.05) is 0 Å². The fourth-order valence-corrected chi connectivity index (χ4v) is 2.20. The van der Waals surface area contributed by atoms with E-state index in [1.807, 2.05) is 28.7 Å². The number of hydrogen-bond donors (Lipinski definition) is 0. The second-order valence-corrected chi connectivity index (χ2v) is 3.82. The Morgan fingerprint density at radius 3 is 2.64 bits per heavy atom. The van der Waals surface area contributed by atoms with Crippen LogP contribution in [-0.4, -0.2) is 11.5 Å². The summed E-state index contributed by atoms with van der Waals surface area (Å²) in [5.74, 6) is 0. The van der Waals surface area contributed by atoms with Gasteiger partial charge in [0.25, 0.3) is 5.24 Å². The first-order chi connectivity index (χ1) is 6.61. The van der Waals surface area contributed by atoms with Crippen LogP contribution in [-0.2, 0) is 0 Å². The third kappa shape index (κ3) is 1.94. The molecule has 0 unspecified atom stereocenters. The van der Waals surface area contributed by atoms with Gasteiger partial charge in [0.1, 0.15) is 6.07 Å². The molecule has 5 heteroatoms. The summed E-state index contributed by atoms with van der Waals surface area (Å²) in [5, 5.41) is 7.96. The molecule has 0 saturated heterocycles. The van der Waals surface area contributed by atoms with Crippen LogP contribution in [0.4, 0.5) is 0 Å². The number of benzene rings is 1. The lowest BCUT2D eigenvalue weighted by molar-refractivity contribution is 0.106. The Morgan fingerprint density at radius 2 is 2.21 bits per heavy atom. The number of hydrogen-bond acceptors (Lipinski definition) is 3. The van der Waals surface area contributed by atoms with Crippen molar-refractivity contribution in [3.63, 3.8) is 0 Å². The minimum atomic E-state index is -0.728. The zero-order valence-electron chi connectivity index (χ0n) is 6.75. The number of halogens is 2. The molecule has 0 bridgehead atoms. The Hall–Kier alpha value is -0.930. The van der Waals surface area contributed by atoms with Gasteiger partial charge in [-0.2, -0.15) is 5.26 Å². The number of carbonyl (C=O) groups is 2. The molecule has 0 radical (unpaired) electrons. The highest BCUT2D eigenvalue weighted by Crippen LogP contribution is 2.21. The predicted molar refractivity (Wildman–Crippen MR) is 59.4 cm³/mol. The summed E-state index contributed by atoms with van der Waals surface area (Å²) >= 11 is 7.13. The summed E-state index contributed by atoms with van der Waals surface area (Å²) in [4.78, 5) is 21.6. The highest BCUT2D eigenvalue weighted by Gasteiger charge is 2.15. The highest BCUT2D eigenvalue weighted by molar-refractivity contribution is 14.1. The minimum absolute atomic E-state index is 0.0984. The second-order valence-electron chi connectivity index (χ2n) is 2.39. The zero-order chi connectivity index (χ0) is 10.7. The summed E-state index contributed by atoms with van der Waals surface area (Å²) < 4.78 is 0.412. The van der Waals surface area contributed by atoms with Crippen molar-refractivity contribution in [2.24, 2.45) is 0 Å². The molecule has 0 aliphatic heterocycles. The summed E-state index contributed by atoms with van der Waals surface area (Å²) in [7, 11) is 0. The third-order valence-electron chi connectivity index (χ3n) is 1.62. The highest BCUT2D eigenvalue weighted by atomic mass is 127. The lowest BCUT2D eigenvalue weighted by Gasteiger charge is -2.03. The third-order valence-corrected chi connectivity index (χ3v) is 2.93. The molecule has 1 aromatic rings. The molecule has 0 saturated carbocycles. The predicted octanol–water partition coefficient (Wildman–Crippen LogP) is 2.35. The van der Waals surface area contributed by atoms with Crippen molar-refractivity contribution in [3.8, 4) is 6.07 Å². The average Bonchev–Trinajstić information content (AvgIpc) is 2.16. The smallest absolute Gasteiger partial charge is 0.254 e. The second kappa shape index (κ2) is 4.53. The summed E-state index contributed by atoms with van der Waals surface area (Å²) in [6.45, 7) is 0. The van der Waals surface area contributed by atoms with E-state index in [1.54, 1.807) is 0 Å². The number of nitriles is 1. The topological polar surface area (TPSA) is 57.9 Å². The molecule has 0 fully saturated rings. The van der Waals surface area contributed by atoms with Crippen LogP contribution in [0.2, 0.25) is 0 Å². The number of rotatable bonds is 2. The summed E-state index contributed by atoms with van der Waals surface area (Å²) in [6, 6.07) is 4.79. The molecule has 0 amide bonds. The van der Waals surface area contributed by atoms with E-state index in [-0.39, 0.29) is 11.1 Å². The number of nitrogens with zero attached hydrogens (tertiary/aromatic N) is 1. The Kier molecular flexibility index (Phi) is 3.61. The van der Waals surface area contributed by atoms with Crippen LogP contribution >= 0.6 is 34.2 Å². The Morgan fingerprint density at radius 1 is 1.57 bits per heavy atom. The standard InChI is InChI=1S/C9H3ClINO2/c10-9(14)7-6(4-13)2-1-5(3-12)8(7)11/h1-2,4H. The first-order valence-electron chi connectivity index (χ1n) is 3.49. The van der Waals surface area contributed by atoms with E-state index >= 15 is 0 Å². The average molecular weight is 319 g/mol. The molecule has 3 nitrogen and oxygen atoms in total. The molecule has 1 rings (SSSR count). The van der Waals surface area contributed by atoms with Gasteiger partial charge in [0.15, 0.2) is 6.29 Å². The Labute approximate surface area is 98.8 Å². The van der Waals surface area contributed by atoms with Crippen molar-refractivity contribution < 1.29 is 9.59 Å². The van der Waals surface area contributed by atoms with Crippen LogP contribution in [0.3, 0.4) is 0 Å². The monoisotopic (exact) mass is 319 g/mol. The van der Waals surface area contributed by atoms with E-state index < -0.39 is 5.24 Å². The lowest BCUT2D eigenvalue weighted by Crippen LogP contribution is -2.02. The van der Waals surface area contributed by atoms with Gasteiger partial charge in [-0.3, -0.25) is 9.59 Å². The fourth-order valence-electron chi connectivity index (χ4n) is 0.975. The van der Waals surface area contributed by atoms with Gasteiger partial charge in [-0.05, 0) is 46.3 Å². The largest absolute Gasteiger partial charge is 0.298 e. The van der Waals surface area contributed by atoms with Crippen molar-refractivity contribution in [2.75, 3.05) is 0 Å².